The van der Waals surface area contributed by atoms with Crippen molar-refractivity contribution in [1.82, 2.24) is 4.90 Å². The number of amides is 1. The van der Waals surface area contributed by atoms with Crippen LogP contribution in [0.3, 0.4) is 0 Å². The van der Waals surface area contributed by atoms with Crippen LogP contribution in [-0.2, 0) is 6.18 Å². The fourth-order valence-electron chi connectivity index (χ4n) is 2.54. The number of benzene rings is 1. The lowest BCUT2D eigenvalue weighted by atomic mass is 10.1. The Kier molecular flexibility index (Phi) is 4.41. The van der Waals surface area contributed by atoms with Crippen LogP contribution in [0, 0.1) is 5.92 Å². The van der Waals surface area contributed by atoms with E-state index in [9.17, 15) is 18.0 Å². The van der Waals surface area contributed by atoms with E-state index in [4.69, 9.17) is 5.84 Å². The number of hydrogen-bond acceptors (Lipinski definition) is 3. The molecule has 0 aromatic heterocycles. The Morgan fingerprint density at radius 1 is 1.48 bits per heavy atom. The molecule has 1 aliphatic rings. The second-order valence-corrected chi connectivity index (χ2v) is 5.22. The molecule has 116 valence electrons. The molecule has 1 saturated heterocycles. The number of carbonyl (C=O) groups excluding carboxylic acids is 1. The normalized spacial score (nSPS) is 18.9. The van der Waals surface area contributed by atoms with E-state index in [1.54, 1.807) is 4.90 Å². The van der Waals surface area contributed by atoms with Crippen LogP contribution in [0.25, 0.3) is 0 Å². The molecule has 0 spiro atoms. The summed E-state index contributed by atoms with van der Waals surface area (Å²) in [7, 11) is 0. The molecule has 7 heteroatoms. The van der Waals surface area contributed by atoms with Crippen LogP contribution in [-0.4, -0.2) is 23.9 Å². The van der Waals surface area contributed by atoms with Crippen molar-refractivity contribution in [2.75, 3.05) is 18.5 Å². The molecule has 1 heterocycles. The van der Waals surface area contributed by atoms with Gasteiger partial charge < -0.3 is 10.3 Å². The Morgan fingerprint density at radius 3 is 2.71 bits per heavy atom. The van der Waals surface area contributed by atoms with Crippen LogP contribution < -0.4 is 11.3 Å². The zero-order chi connectivity index (χ0) is 15.6. The Labute approximate surface area is 121 Å². The lowest BCUT2D eigenvalue weighted by molar-refractivity contribution is -0.137. The largest absolute Gasteiger partial charge is 0.416 e. The summed E-state index contributed by atoms with van der Waals surface area (Å²) in [5.41, 5.74) is 1.60. The first kappa shape index (κ1) is 15.6. The van der Waals surface area contributed by atoms with Gasteiger partial charge in [-0.1, -0.05) is 13.3 Å². The fraction of sp³-hybridized carbons (Fsp3) is 0.500. The molecule has 1 amide bonds. The Bertz CT molecular complexity index is 531. The first-order chi connectivity index (χ1) is 9.86. The number of hydrogen-bond donors (Lipinski definition) is 2. The summed E-state index contributed by atoms with van der Waals surface area (Å²) >= 11 is 0. The zero-order valence-electron chi connectivity index (χ0n) is 11.7. The molecule has 1 atom stereocenters. The average Bonchev–Trinajstić information content (AvgIpc) is 2.93. The monoisotopic (exact) mass is 301 g/mol. The number of anilines is 1. The summed E-state index contributed by atoms with van der Waals surface area (Å²) in [5.74, 6) is 5.30. The molecule has 0 saturated carbocycles. The predicted octanol–water partition coefficient (Wildman–Crippen LogP) is 2.86. The van der Waals surface area contributed by atoms with Crippen LogP contribution in [0.1, 0.15) is 35.7 Å². The van der Waals surface area contributed by atoms with Gasteiger partial charge in [-0.3, -0.25) is 10.6 Å². The Balaban J connectivity index is 2.31. The number of halogens is 3. The highest BCUT2D eigenvalue weighted by molar-refractivity contribution is 6.00. The molecular formula is C14H18F3N3O. The molecule has 1 aliphatic heterocycles. The fourth-order valence-corrected chi connectivity index (χ4v) is 2.54. The van der Waals surface area contributed by atoms with Gasteiger partial charge in [0.15, 0.2) is 0 Å². The topological polar surface area (TPSA) is 58.4 Å². The third kappa shape index (κ3) is 3.29. The number of nitrogens with one attached hydrogen (secondary N) is 1. The maximum atomic E-state index is 12.8. The first-order valence-corrected chi connectivity index (χ1v) is 6.84. The van der Waals surface area contributed by atoms with Crippen LogP contribution in [0.15, 0.2) is 18.2 Å². The van der Waals surface area contributed by atoms with Gasteiger partial charge in [0, 0.05) is 13.1 Å². The highest BCUT2D eigenvalue weighted by atomic mass is 19.4. The van der Waals surface area contributed by atoms with Crippen molar-refractivity contribution in [3.05, 3.63) is 29.3 Å². The van der Waals surface area contributed by atoms with Gasteiger partial charge >= 0.3 is 6.18 Å². The van der Waals surface area contributed by atoms with E-state index in [1.165, 1.54) is 6.07 Å². The van der Waals surface area contributed by atoms with Gasteiger partial charge in [-0.25, -0.2) is 0 Å². The number of alkyl halides is 3. The molecular weight excluding hydrogens is 283 g/mol. The number of nitrogens with zero attached hydrogens (tertiary/aromatic N) is 1. The highest BCUT2D eigenvalue weighted by Gasteiger charge is 2.33. The lowest BCUT2D eigenvalue weighted by Gasteiger charge is -2.19. The second-order valence-electron chi connectivity index (χ2n) is 5.22. The van der Waals surface area contributed by atoms with Gasteiger partial charge in [-0.15, -0.1) is 0 Å². The maximum absolute atomic E-state index is 12.8. The van der Waals surface area contributed by atoms with Gasteiger partial charge in [-0.05, 0) is 30.5 Å². The number of rotatable bonds is 3. The Morgan fingerprint density at radius 2 is 2.19 bits per heavy atom. The summed E-state index contributed by atoms with van der Waals surface area (Å²) in [4.78, 5) is 14.0. The summed E-state index contributed by atoms with van der Waals surface area (Å²) in [6.07, 6.45) is -2.65. The van der Waals surface area contributed by atoms with Crippen molar-refractivity contribution in [3.63, 3.8) is 0 Å². The molecule has 0 bridgehead atoms. The number of carbonyl (C=O) groups is 1. The van der Waals surface area contributed by atoms with E-state index < -0.39 is 17.6 Å². The second kappa shape index (κ2) is 5.93. The van der Waals surface area contributed by atoms with Gasteiger partial charge in [0.05, 0.1) is 16.8 Å². The smallest absolute Gasteiger partial charge is 0.338 e. The van der Waals surface area contributed by atoms with E-state index in [0.29, 0.717) is 19.0 Å². The van der Waals surface area contributed by atoms with Crippen molar-refractivity contribution < 1.29 is 18.0 Å². The SMILES string of the molecule is CCC1CCN(C(=O)c2cc(C(F)(F)F)ccc2NN)C1. The van der Waals surface area contributed by atoms with Crippen molar-refractivity contribution in [2.24, 2.45) is 11.8 Å². The van der Waals surface area contributed by atoms with Gasteiger partial charge in [0.2, 0.25) is 0 Å². The van der Waals surface area contributed by atoms with Crippen LogP contribution in [0.2, 0.25) is 0 Å². The molecule has 3 N–H and O–H groups in total. The summed E-state index contributed by atoms with van der Waals surface area (Å²) in [5, 5.41) is 0. The molecule has 1 fully saturated rings. The zero-order valence-corrected chi connectivity index (χ0v) is 11.7. The van der Waals surface area contributed by atoms with Crippen molar-refractivity contribution >= 4 is 11.6 Å². The predicted molar refractivity (Wildman–Crippen MR) is 73.6 cm³/mol. The summed E-state index contributed by atoms with van der Waals surface area (Å²) in [6, 6.07) is 2.95. The van der Waals surface area contributed by atoms with Crippen molar-refractivity contribution in [2.45, 2.75) is 25.9 Å². The number of nitrogens with two attached hydrogens (primary N) is 1. The maximum Gasteiger partial charge on any atom is 0.416 e. The van der Waals surface area contributed by atoms with Gasteiger partial charge in [-0.2, -0.15) is 13.2 Å². The van der Waals surface area contributed by atoms with E-state index in [0.717, 1.165) is 25.0 Å². The van der Waals surface area contributed by atoms with Gasteiger partial charge in [0.1, 0.15) is 0 Å². The third-order valence-corrected chi connectivity index (χ3v) is 3.88. The van der Waals surface area contributed by atoms with E-state index in [2.05, 4.69) is 5.43 Å². The van der Waals surface area contributed by atoms with Crippen LogP contribution >= 0.6 is 0 Å². The molecule has 1 unspecified atom stereocenters. The third-order valence-electron chi connectivity index (χ3n) is 3.88. The van der Waals surface area contributed by atoms with E-state index in [-0.39, 0.29) is 11.3 Å². The Hall–Kier alpha value is -1.76. The van der Waals surface area contributed by atoms with Crippen molar-refractivity contribution in [3.8, 4) is 0 Å². The summed E-state index contributed by atoms with van der Waals surface area (Å²) in [6.45, 7) is 3.18. The minimum Gasteiger partial charge on any atom is -0.338 e. The molecule has 2 rings (SSSR count). The van der Waals surface area contributed by atoms with Crippen LogP contribution in [0.4, 0.5) is 18.9 Å². The molecule has 0 radical (unpaired) electrons. The highest BCUT2D eigenvalue weighted by Crippen LogP contribution is 2.32. The average molecular weight is 301 g/mol. The molecule has 1 aromatic carbocycles. The van der Waals surface area contributed by atoms with E-state index in [1.807, 2.05) is 6.92 Å². The molecule has 1 aromatic rings. The summed E-state index contributed by atoms with van der Waals surface area (Å²) < 4.78 is 38.4. The minimum absolute atomic E-state index is 0.0379. The number of likely N-dealkylation sites (tertiary alicyclic amines) is 1. The van der Waals surface area contributed by atoms with E-state index >= 15 is 0 Å². The molecule has 4 nitrogen and oxygen atoms in total. The number of hydrazine groups is 1. The van der Waals surface area contributed by atoms with Crippen molar-refractivity contribution in [1.29, 1.82) is 0 Å². The number of nitrogen functional groups attached to an aromatic ring is 1. The standard InChI is InChI=1S/C14H18F3N3O/c1-2-9-5-6-20(8-9)13(21)11-7-10(14(15,16)17)3-4-12(11)19-18/h3-4,7,9,19H,2,5-6,8,18H2,1H3. The van der Waals surface area contributed by atoms with Gasteiger partial charge in [0.25, 0.3) is 5.91 Å². The quantitative estimate of drug-likeness (QED) is 0.666. The molecule has 0 aliphatic carbocycles. The first-order valence-electron chi connectivity index (χ1n) is 6.84. The van der Waals surface area contributed by atoms with Crippen LogP contribution in [0.5, 0.6) is 0 Å². The minimum atomic E-state index is -4.49. The lowest BCUT2D eigenvalue weighted by Crippen LogP contribution is -2.30. The molecule has 21 heavy (non-hydrogen) atoms.